The third-order valence-corrected chi connectivity index (χ3v) is 3.97. The number of nitrogens with zero attached hydrogens (tertiary/aromatic N) is 2. The normalized spacial score (nSPS) is 20.3. The van der Waals surface area contributed by atoms with Crippen LogP contribution in [0.15, 0.2) is 6.07 Å². The molecular weight excluding hydrogens is 258 g/mol. The number of hydrogen-bond acceptors (Lipinski definition) is 5. The molecule has 2 rings (SSSR count). The molecule has 1 unspecified atom stereocenters. The Labute approximate surface area is 119 Å². The zero-order valence-electron chi connectivity index (χ0n) is 12.2. The van der Waals surface area contributed by atoms with E-state index in [0.29, 0.717) is 0 Å². The fraction of sp³-hybridized carbons (Fsp3) is 0.714. The van der Waals surface area contributed by atoms with Crippen molar-refractivity contribution in [1.82, 2.24) is 9.97 Å². The molecule has 0 aromatic carbocycles. The predicted octanol–water partition coefficient (Wildman–Crippen LogP) is 3.01. The predicted molar refractivity (Wildman–Crippen MR) is 80.9 cm³/mol. The van der Waals surface area contributed by atoms with Gasteiger partial charge in [-0.3, -0.25) is 0 Å². The summed E-state index contributed by atoms with van der Waals surface area (Å²) < 4.78 is 5.79. The lowest BCUT2D eigenvalue weighted by molar-refractivity contribution is 0.0692. The highest BCUT2D eigenvalue weighted by Crippen LogP contribution is 2.28. The summed E-state index contributed by atoms with van der Waals surface area (Å²) in [4.78, 5) is 9.32. The minimum absolute atomic E-state index is 0.0175. The van der Waals surface area contributed by atoms with Gasteiger partial charge in [0.1, 0.15) is 11.9 Å². The number of hydrogen-bond donors (Lipinski definition) is 1. The summed E-state index contributed by atoms with van der Waals surface area (Å²) in [6, 6.07) is 2.04. The fourth-order valence-electron chi connectivity index (χ4n) is 1.90. The largest absolute Gasteiger partial charge is 0.370 e. The smallest absolute Gasteiger partial charge is 0.160 e. The van der Waals surface area contributed by atoms with E-state index >= 15 is 0 Å². The number of nitrogens with one attached hydrogen (secondary N) is 1. The second-order valence-corrected chi connectivity index (χ2v) is 6.86. The molecule has 1 aromatic rings. The molecule has 1 saturated heterocycles. The number of aromatic nitrogens is 2. The Morgan fingerprint density at radius 1 is 1.42 bits per heavy atom. The van der Waals surface area contributed by atoms with Gasteiger partial charge in [-0.2, -0.15) is 11.8 Å². The lowest BCUT2D eigenvalue weighted by Crippen LogP contribution is -2.22. The molecule has 1 fully saturated rings. The van der Waals surface area contributed by atoms with Crippen LogP contribution < -0.4 is 5.32 Å². The third kappa shape index (κ3) is 3.83. The van der Waals surface area contributed by atoms with Crippen LogP contribution in [0.2, 0.25) is 0 Å². The summed E-state index contributed by atoms with van der Waals surface area (Å²) >= 11 is 1.91. The molecule has 1 aromatic heterocycles. The Bertz CT molecular complexity index is 425. The molecular formula is C14H23N3OS. The third-order valence-electron chi connectivity index (χ3n) is 2.97. The molecule has 106 valence electrons. The molecule has 0 bridgehead atoms. The van der Waals surface area contributed by atoms with E-state index in [4.69, 9.17) is 9.72 Å². The maximum Gasteiger partial charge on any atom is 0.160 e. The highest BCUT2D eigenvalue weighted by atomic mass is 32.2. The van der Waals surface area contributed by atoms with Crippen LogP contribution in [0.3, 0.4) is 0 Å². The van der Waals surface area contributed by atoms with Gasteiger partial charge in [-0.25, -0.2) is 9.97 Å². The SMILES string of the molecule is CCNc1cc(C(C)(C)C)nc(C2CSCCO2)n1. The maximum absolute atomic E-state index is 5.79. The van der Waals surface area contributed by atoms with Gasteiger partial charge in [0.25, 0.3) is 0 Å². The minimum atomic E-state index is 0.0175. The second kappa shape index (κ2) is 6.09. The lowest BCUT2D eigenvalue weighted by atomic mass is 9.92. The van der Waals surface area contributed by atoms with Crippen molar-refractivity contribution in [3.8, 4) is 0 Å². The van der Waals surface area contributed by atoms with Crippen LogP contribution >= 0.6 is 11.8 Å². The Balaban J connectivity index is 2.33. The second-order valence-electron chi connectivity index (χ2n) is 5.71. The zero-order valence-corrected chi connectivity index (χ0v) is 13.0. The van der Waals surface area contributed by atoms with Gasteiger partial charge in [0.2, 0.25) is 0 Å². The monoisotopic (exact) mass is 281 g/mol. The average Bonchev–Trinajstić information content (AvgIpc) is 2.39. The summed E-state index contributed by atoms with van der Waals surface area (Å²) in [7, 11) is 0. The van der Waals surface area contributed by atoms with Gasteiger partial charge in [0.15, 0.2) is 5.82 Å². The number of ether oxygens (including phenoxy) is 1. The molecule has 1 N–H and O–H groups in total. The minimum Gasteiger partial charge on any atom is -0.370 e. The van der Waals surface area contributed by atoms with Crippen LogP contribution in [0.25, 0.3) is 0 Å². The number of rotatable bonds is 3. The zero-order chi connectivity index (χ0) is 13.9. The van der Waals surface area contributed by atoms with E-state index in [0.717, 1.165) is 42.0 Å². The van der Waals surface area contributed by atoms with Crippen LogP contribution in [0, 0.1) is 0 Å². The van der Waals surface area contributed by atoms with E-state index < -0.39 is 0 Å². The van der Waals surface area contributed by atoms with E-state index in [1.165, 1.54) is 0 Å². The molecule has 0 aliphatic carbocycles. The first-order chi connectivity index (χ1) is 9.00. The summed E-state index contributed by atoms with van der Waals surface area (Å²) in [5, 5.41) is 3.29. The highest BCUT2D eigenvalue weighted by molar-refractivity contribution is 7.99. The van der Waals surface area contributed by atoms with Gasteiger partial charge >= 0.3 is 0 Å². The topological polar surface area (TPSA) is 47.0 Å². The van der Waals surface area contributed by atoms with E-state index in [1.54, 1.807) is 0 Å². The molecule has 0 saturated carbocycles. The van der Waals surface area contributed by atoms with E-state index in [-0.39, 0.29) is 11.5 Å². The van der Waals surface area contributed by atoms with E-state index in [2.05, 4.69) is 38.0 Å². The molecule has 5 heteroatoms. The molecule has 0 spiro atoms. The Hall–Kier alpha value is -0.810. The molecule has 19 heavy (non-hydrogen) atoms. The van der Waals surface area contributed by atoms with Crippen LogP contribution in [0.1, 0.15) is 45.3 Å². The maximum atomic E-state index is 5.79. The Kier molecular flexibility index (Phi) is 4.68. The average molecular weight is 281 g/mol. The van der Waals surface area contributed by atoms with Crippen molar-refractivity contribution >= 4 is 17.6 Å². The first-order valence-electron chi connectivity index (χ1n) is 6.83. The fourth-order valence-corrected chi connectivity index (χ4v) is 2.74. The summed E-state index contributed by atoms with van der Waals surface area (Å²) in [5.41, 5.74) is 1.08. The molecule has 1 aliphatic heterocycles. The lowest BCUT2D eigenvalue weighted by Gasteiger charge is -2.24. The number of anilines is 1. The van der Waals surface area contributed by atoms with Gasteiger partial charge in [0, 0.05) is 29.5 Å². The number of thioether (sulfide) groups is 1. The van der Waals surface area contributed by atoms with Crippen molar-refractivity contribution in [2.45, 2.75) is 39.2 Å². The summed E-state index contributed by atoms with van der Waals surface area (Å²) in [5.74, 6) is 3.72. The Morgan fingerprint density at radius 3 is 2.79 bits per heavy atom. The van der Waals surface area contributed by atoms with Gasteiger partial charge in [0.05, 0.1) is 12.3 Å². The summed E-state index contributed by atoms with van der Waals surface area (Å²) in [6.07, 6.45) is 0.0263. The highest BCUT2D eigenvalue weighted by Gasteiger charge is 2.23. The first-order valence-corrected chi connectivity index (χ1v) is 7.99. The molecule has 0 radical (unpaired) electrons. The molecule has 4 nitrogen and oxygen atoms in total. The van der Waals surface area contributed by atoms with Crippen molar-refractivity contribution in [2.75, 3.05) is 30.0 Å². The van der Waals surface area contributed by atoms with Crippen LogP contribution in [-0.4, -0.2) is 34.6 Å². The molecule has 1 atom stereocenters. The standard InChI is InChI=1S/C14H23N3OS/c1-5-15-12-8-11(14(2,3)4)16-13(17-12)10-9-19-7-6-18-10/h8,10H,5-7,9H2,1-4H3,(H,15,16,17). The van der Waals surface area contributed by atoms with E-state index in [1.807, 2.05) is 17.8 Å². The van der Waals surface area contributed by atoms with Crippen LogP contribution in [0.5, 0.6) is 0 Å². The molecule has 1 aliphatic rings. The molecule has 0 amide bonds. The van der Waals surface area contributed by atoms with Crippen molar-refractivity contribution in [1.29, 1.82) is 0 Å². The first kappa shape index (κ1) is 14.6. The van der Waals surface area contributed by atoms with Gasteiger partial charge < -0.3 is 10.1 Å². The Morgan fingerprint density at radius 2 is 2.21 bits per heavy atom. The van der Waals surface area contributed by atoms with Crippen LogP contribution in [0.4, 0.5) is 5.82 Å². The van der Waals surface area contributed by atoms with Crippen molar-refractivity contribution in [2.24, 2.45) is 0 Å². The van der Waals surface area contributed by atoms with Gasteiger partial charge in [-0.05, 0) is 6.92 Å². The van der Waals surface area contributed by atoms with Gasteiger partial charge in [-0.1, -0.05) is 20.8 Å². The molecule has 2 heterocycles. The summed E-state index contributed by atoms with van der Waals surface area (Å²) in [6.45, 7) is 10.2. The van der Waals surface area contributed by atoms with E-state index in [9.17, 15) is 0 Å². The van der Waals surface area contributed by atoms with Crippen molar-refractivity contribution in [3.05, 3.63) is 17.6 Å². The quantitative estimate of drug-likeness (QED) is 0.923. The van der Waals surface area contributed by atoms with Crippen molar-refractivity contribution < 1.29 is 4.74 Å². The van der Waals surface area contributed by atoms with Gasteiger partial charge in [-0.15, -0.1) is 0 Å². The van der Waals surface area contributed by atoms with Crippen LogP contribution in [-0.2, 0) is 10.2 Å². The van der Waals surface area contributed by atoms with Crippen molar-refractivity contribution in [3.63, 3.8) is 0 Å².